The fraction of sp³-hybridized carbons (Fsp3) is 0.846. The molecule has 2 unspecified atom stereocenters. The van der Waals surface area contributed by atoms with Gasteiger partial charge in [0, 0.05) is 13.0 Å². The van der Waals surface area contributed by atoms with Crippen molar-refractivity contribution in [2.24, 2.45) is 11.8 Å². The second-order valence-corrected chi connectivity index (χ2v) is 5.56. The van der Waals surface area contributed by atoms with Gasteiger partial charge in [-0.05, 0) is 44.3 Å². The molecule has 2 aliphatic rings. The van der Waals surface area contributed by atoms with E-state index in [0.717, 1.165) is 42.9 Å². The molecule has 2 atom stereocenters. The number of rotatable bonds is 4. The Labute approximate surface area is 120 Å². The van der Waals surface area contributed by atoms with Crippen molar-refractivity contribution in [3.05, 3.63) is 11.7 Å². The second-order valence-electron chi connectivity index (χ2n) is 5.56. The number of halogens is 1. The fourth-order valence-electron chi connectivity index (χ4n) is 3.12. The number of hydrogen-bond donors (Lipinski definition) is 1. The van der Waals surface area contributed by atoms with E-state index in [4.69, 9.17) is 4.52 Å². The van der Waals surface area contributed by atoms with Gasteiger partial charge in [0.25, 0.3) is 0 Å². The lowest BCUT2D eigenvalue weighted by Crippen LogP contribution is -2.39. The molecular formula is C13H23ClN4O. The van der Waals surface area contributed by atoms with E-state index < -0.39 is 0 Å². The molecule has 0 amide bonds. The molecule has 1 aromatic rings. The Balaban J connectivity index is 0.00000133. The number of likely N-dealkylation sites (tertiary alicyclic amines) is 1. The lowest BCUT2D eigenvalue weighted by atomic mass is 9.89. The summed E-state index contributed by atoms with van der Waals surface area (Å²) in [6.45, 7) is 7.70. The maximum atomic E-state index is 5.23. The summed E-state index contributed by atoms with van der Waals surface area (Å²) in [6.07, 6.45) is 3.25. The van der Waals surface area contributed by atoms with Gasteiger partial charge < -0.3 is 9.84 Å². The van der Waals surface area contributed by atoms with Gasteiger partial charge in [-0.2, -0.15) is 4.98 Å². The van der Waals surface area contributed by atoms with Gasteiger partial charge in [0.15, 0.2) is 5.82 Å². The van der Waals surface area contributed by atoms with Crippen LogP contribution in [0.3, 0.4) is 0 Å². The van der Waals surface area contributed by atoms with Crippen molar-refractivity contribution in [2.45, 2.75) is 32.7 Å². The summed E-state index contributed by atoms with van der Waals surface area (Å²) in [6, 6.07) is 0. The predicted molar refractivity (Wildman–Crippen MR) is 75.3 cm³/mol. The van der Waals surface area contributed by atoms with Crippen molar-refractivity contribution in [2.75, 3.05) is 26.2 Å². The number of nitrogens with one attached hydrogen (secondary N) is 1. The summed E-state index contributed by atoms with van der Waals surface area (Å²) in [5.41, 5.74) is 0. The third-order valence-corrected chi connectivity index (χ3v) is 4.13. The zero-order chi connectivity index (χ0) is 12.4. The van der Waals surface area contributed by atoms with Crippen LogP contribution < -0.4 is 5.32 Å². The number of nitrogens with zero attached hydrogens (tertiary/aromatic N) is 3. The van der Waals surface area contributed by atoms with Gasteiger partial charge >= 0.3 is 0 Å². The number of fused-ring (bicyclic) bond motifs is 1. The highest BCUT2D eigenvalue weighted by atomic mass is 35.5. The van der Waals surface area contributed by atoms with Gasteiger partial charge in [-0.25, -0.2) is 0 Å². The van der Waals surface area contributed by atoms with Crippen LogP contribution in [0.1, 0.15) is 31.5 Å². The highest BCUT2D eigenvalue weighted by molar-refractivity contribution is 5.85. The lowest BCUT2D eigenvalue weighted by molar-refractivity contribution is 0.138. The van der Waals surface area contributed by atoms with Crippen LogP contribution in [0.4, 0.5) is 0 Å². The van der Waals surface area contributed by atoms with Gasteiger partial charge in [-0.1, -0.05) is 12.1 Å². The molecule has 0 aromatic carbocycles. The van der Waals surface area contributed by atoms with Crippen molar-refractivity contribution in [3.8, 4) is 0 Å². The Morgan fingerprint density at radius 3 is 3.05 bits per heavy atom. The topological polar surface area (TPSA) is 54.2 Å². The zero-order valence-electron chi connectivity index (χ0n) is 11.5. The van der Waals surface area contributed by atoms with Gasteiger partial charge in [0.1, 0.15) is 0 Å². The van der Waals surface area contributed by atoms with Crippen LogP contribution in [0.25, 0.3) is 0 Å². The third-order valence-electron chi connectivity index (χ3n) is 4.13. The first-order chi connectivity index (χ1) is 8.85. The molecule has 6 heteroatoms. The van der Waals surface area contributed by atoms with E-state index in [1.807, 2.05) is 0 Å². The Kier molecular flexibility index (Phi) is 5.19. The lowest BCUT2D eigenvalue weighted by Gasteiger charge is -2.33. The van der Waals surface area contributed by atoms with Crippen molar-refractivity contribution in [3.63, 3.8) is 0 Å². The summed E-state index contributed by atoms with van der Waals surface area (Å²) >= 11 is 0. The molecule has 0 spiro atoms. The SMILES string of the molecule is CCCc1nc(CN2CCC3CNCC3C2)no1.Cl. The van der Waals surface area contributed by atoms with Crippen LogP contribution in [0.2, 0.25) is 0 Å². The van der Waals surface area contributed by atoms with Crippen LogP contribution in [0.15, 0.2) is 4.52 Å². The normalized spacial score (nSPS) is 27.0. The molecule has 0 saturated carbocycles. The molecule has 0 aliphatic carbocycles. The van der Waals surface area contributed by atoms with E-state index >= 15 is 0 Å². The standard InChI is InChI=1S/C13H22N4O.ClH/c1-2-3-13-15-12(16-18-13)9-17-5-4-10-6-14-7-11(10)8-17;/h10-11,14H,2-9H2,1H3;1H. The predicted octanol–water partition coefficient (Wildman–Crippen LogP) is 1.49. The first kappa shape index (κ1) is 14.8. The van der Waals surface area contributed by atoms with E-state index in [1.165, 1.54) is 32.6 Å². The Bertz CT molecular complexity index is 398. The monoisotopic (exact) mass is 286 g/mol. The third kappa shape index (κ3) is 3.46. The minimum Gasteiger partial charge on any atom is -0.339 e. The van der Waals surface area contributed by atoms with Crippen molar-refractivity contribution >= 4 is 12.4 Å². The van der Waals surface area contributed by atoms with Crippen LogP contribution in [0.5, 0.6) is 0 Å². The average molecular weight is 287 g/mol. The van der Waals surface area contributed by atoms with Gasteiger partial charge in [0.2, 0.25) is 5.89 Å². The van der Waals surface area contributed by atoms with Gasteiger partial charge in [-0.15, -0.1) is 12.4 Å². The van der Waals surface area contributed by atoms with Crippen LogP contribution in [0, 0.1) is 11.8 Å². The smallest absolute Gasteiger partial charge is 0.226 e. The first-order valence-corrected chi connectivity index (χ1v) is 7.09. The maximum Gasteiger partial charge on any atom is 0.226 e. The minimum atomic E-state index is 0. The molecule has 2 saturated heterocycles. The molecule has 2 aliphatic heterocycles. The van der Waals surface area contributed by atoms with Gasteiger partial charge in [0.05, 0.1) is 6.54 Å². The van der Waals surface area contributed by atoms with Gasteiger partial charge in [-0.3, -0.25) is 4.90 Å². The average Bonchev–Trinajstić information content (AvgIpc) is 2.98. The molecule has 3 rings (SSSR count). The van der Waals surface area contributed by atoms with Crippen LogP contribution >= 0.6 is 12.4 Å². The molecule has 0 radical (unpaired) electrons. The highest BCUT2D eigenvalue weighted by Crippen LogP contribution is 2.26. The first-order valence-electron chi connectivity index (χ1n) is 7.09. The molecule has 1 N–H and O–H groups in total. The summed E-state index contributed by atoms with van der Waals surface area (Å²) in [5, 5.41) is 7.56. The minimum absolute atomic E-state index is 0. The van der Waals surface area contributed by atoms with E-state index in [9.17, 15) is 0 Å². The Morgan fingerprint density at radius 1 is 1.37 bits per heavy atom. The number of aryl methyl sites for hydroxylation is 1. The molecule has 1 aromatic heterocycles. The molecule has 5 nitrogen and oxygen atoms in total. The van der Waals surface area contributed by atoms with E-state index in [0.29, 0.717) is 0 Å². The van der Waals surface area contributed by atoms with Crippen molar-refractivity contribution in [1.82, 2.24) is 20.4 Å². The Hall–Kier alpha value is -0.650. The summed E-state index contributed by atoms with van der Waals surface area (Å²) in [7, 11) is 0. The van der Waals surface area contributed by atoms with Crippen molar-refractivity contribution < 1.29 is 4.52 Å². The molecule has 108 valence electrons. The quantitative estimate of drug-likeness (QED) is 0.909. The second kappa shape index (κ2) is 6.68. The van der Waals surface area contributed by atoms with E-state index in [-0.39, 0.29) is 12.4 Å². The summed E-state index contributed by atoms with van der Waals surface area (Å²) < 4.78 is 5.23. The molecular weight excluding hydrogens is 264 g/mol. The van der Waals surface area contributed by atoms with Crippen molar-refractivity contribution in [1.29, 1.82) is 0 Å². The summed E-state index contributed by atoms with van der Waals surface area (Å²) in [4.78, 5) is 6.91. The number of hydrogen-bond acceptors (Lipinski definition) is 5. The highest BCUT2D eigenvalue weighted by Gasteiger charge is 2.32. The Morgan fingerprint density at radius 2 is 2.21 bits per heavy atom. The van der Waals surface area contributed by atoms with E-state index in [1.54, 1.807) is 0 Å². The number of aromatic nitrogens is 2. The summed E-state index contributed by atoms with van der Waals surface area (Å²) in [5.74, 6) is 3.34. The molecule has 0 bridgehead atoms. The van der Waals surface area contributed by atoms with E-state index in [2.05, 4.69) is 27.3 Å². The number of piperidine rings is 1. The molecule has 3 heterocycles. The zero-order valence-corrected chi connectivity index (χ0v) is 12.3. The van der Waals surface area contributed by atoms with Crippen LogP contribution in [-0.2, 0) is 13.0 Å². The molecule has 2 fully saturated rings. The molecule has 19 heavy (non-hydrogen) atoms. The van der Waals surface area contributed by atoms with Crippen LogP contribution in [-0.4, -0.2) is 41.2 Å². The fourth-order valence-corrected chi connectivity index (χ4v) is 3.12. The largest absolute Gasteiger partial charge is 0.339 e. The maximum absolute atomic E-state index is 5.23.